The molecule has 1 aliphatic heterocycles. The summed E-state index contributed by atoms with van der Waals surface area (Å²) in [5.41, 5.74) is 0.240. The van der Waals surface area contributed by atoms with Crippen LogP contribution in [0.15, 0.2) is 11.0 Å². The lowest BCUT2D eigenvalue weighted by Gasteiger charge is -2.32. The van der Waals surface area contributed by atoms with Gasteiger partial charge in [-0.15, -0.1) is 0 Å². The van der Waals surface area contributed by atoms with E-state index in [0.29, 0.717) is 23.0 Å². The number of aromatic nitrogens is 4. The van der Waals surface area contributed by atoms with Crippen LogP contribution in [0.1, 0.15) is 33.6 Å². The zero-order chi connectivity index (χ0) is 18.0. The van der Waals surface area contributed by atoms with Gasteiger partial charge in [0.2, 0.25) is 5.95 Å². The van der Waals surface area contributed by atoms with Crippen LogP contribution in [0.25, 0.3) is 11.0 Å². The first-order valence-corrected chi connectivity index (χ1v) is 8.85. The van der Waals surface area contributed by atoms with Crippen molar-refractivity contribution in [2.24, 2.45) is 0 Å². The zero-order valence-electron chi connectivity index (χ0n) is 15.5. The number of aromatic amines is 1. The minimum atomic E-state index is -0.230. The molecule has 2 aromatic rings. The molecule has 8 nitrogen and oxygen atoms in total. The van der Waals surface area contributed by atoms with E-state index in [0.717, 1.165) is 39.1 Å². The summed E-state index contributed by atoms with van der Waals surface area (Å²) in [6.07, 6.45) is 3.62. The third-order valence-corrected chi connectivity index (χ3v) is 4.61. The SMILES string of the molecule is COCCN1CCC(Nc2nc3c(cnn3C(C)(C)C)c(=O)[nH]2)CC1. The van der Waals surface area contributed by atoms with Gasteiger partial charge >= 0.3 is 0 Å². The highest BCUT2D eigenvalue weighted by atomic mass is 16.5. The standard InChI is InChI=1S/C17H28N6O2/c1-17(2,3)23-14-13(11-18-23)15(24)21-16(20-14)19-12-5-7-22(8-6-12)9-10-25-4/h11-12H,5-10H2,1-4H3,(H2,19,20,21,24). The Morgan fingerprint density at radius 2 is 2.08 bits per heavy atom. The van der Waals surface area contributed by atoms with E-state index < -0.39 is 0 Å². The van der Waals surface area contributed by atoms with E-state index in [1.807, 2.05) is 20.8 Å². The molecule has 1 aliphatic rings. The molecule has 1 fully saturated rings. The van der Waals surface area contributed by atoms with E-state index in [1.54, 1.807) is 18.0 Å². The lowest BCUT2D eigenvalue weighted by atomic mass is 10.1. The fourth-order valence-corrected chi connectivity index (χ4v) is 3.19. The molecule has 3 rings (SSSR count). The molecule has 0 aromatic carbocycles. The van der Waals surface area contributed by atoms with E-state index in [1.165, 1.54) is 0 Å². The first kappa shape index (κ1) is 17.9. The largest absolute Gasteiger partial charge is 0.383 e. The Morgan fingerprint density at radius 3 is 2.72 bits per heavy atom. The van der Waals surface area contributed by atoms with Crippen LogP contribution in [0.4, 0.5) is 5.95 Å². The van der Waals surface area contributed by atoms with Crippen LogP contribution in [0, 0.1) is 0 Å². The topological polar surface area (TPSA) is 88.1 Å². The first-order chi connectivity index (χ1) is 11.9. The van der Waals surface area contributed by atoms with Crippen molar-refractivity contribution in [1.29, 1.82) is 0 Å². The van der Waals surface area contributed by atoms with Gasteiger partial charge in [-0.3, -0.25) is 9.78 Å². The van der Waals surface area contributed by atoms with E-state index in [2.05, 4.69) is 25.3 Å². The molecule has 138 valence electrons. The molecule has 1 saturated heterocycles. The molecule has 2 aromatic heterocycles. The van der Waals surface area contributed by atoms with E-state index in [9.17, 15) is 4.79 Å². The normalized spacial score (nSPS) is 17.3. The summed E-state index contributed by atoms with van der Waals surface area (Å²) in [4.78, 5) is 22.2. The van der Waals surface area contributed by atoms with Crippen molar-refractivity contribution in [2.75, 3.05) is 38.7 Å². The third kappa shape index (κ3) is 4.01. The van der Waals surface area contributed by atoms with Gasteiger partial charge in [0.1, 0.15) is 5.39 Å². The molecule has 3 heterocycles. The number of hydrogen-bond acceptors (Lipinski definition) is 6. The number of fused-ring (bicyclic) bond motifs is 1. The number of anilines is 1. The Morgan fingerprint density at radius 1 is 1.36 bits per heavy atom. The highest BCUT2D eigenvalue weighted by Gasteiger charge is 2.22. The van der Waals surface area contributed by atoms with E-state index >= 15 is 0 Å². The molecule has 2 N–H and O–H groups in total. The fourth-order valence-electron chi connectivity index (χ4n) is 3.19. The third-order valence-electron chi connectivity index (χ3n) is 4.61. The van der Waals surface area contributed by atoms with E-state index in [4.69, 9.17) is 4.74 Å². The second-order valence-electron chi connectivity index (χ2n) is 7.63. The van der Waals surface area contributed by atoms with Gasteiger partial charge in [0.15, 0.2) is 5.65 Å². The Kier molecular flexibility index (Phi) is 5.10. The maximum atomic E-state index is 12.3. The van der Waals surface area contributed by atoms with E-state index in [-0.39, 0.29) is 11.1 Å². The van der Waals surface area contributed by atoms with Crippen molar-refractivity contribution in [3.63, 3.8) is 0 Å². The predicted molar refractivity (Wildman–Crippen MR) is 98.1 cm³/mol. The van der Waals surface area contributed by atoms with Crippen molar-refractivity contribution in [2.45, 2.75) is 45.2 Å². The Bertz CT molecular complexity index is 768. The lowest BCUT2D eigenvalue weighted by Crippen LogP contribution is -2.40. The summed E-state index contributed by atoms with van der Waals surface area (Å²) in [7, 11) is 1.73. The molecule has 0 radical (unpaired) electrons. The van der Waals surface area contributed by atoms with Crippen LogP contribution in [0.2, 0.25) is 0 Å². The number of rotatable bonds is 5. The highest BCUT2D eigenvalue weighted by molar-refractivity contribution is 5.74. The lowest BCUT2D eigenvalue weighted by molar-refractivity contribution is 0.132. The zero-order valence-corrected chi connectivity index (χ0v) is 15.5. The van der Waals surface area contributed by atoms with Gasteiger partial charge in [-0.05, 0) is 33.6 Å². The van der Waals surface area contributed by atoms with Gasteiger partial charge in [-0.1, -0.05) is 0 Å². The number of ether oxygens (including phenoxy) is 1. The average molecular weight is 348 g/mol. The number of nitrogens with zero attached hydrogens (tertiary/aromatic N) is 4. The second kappa shape index (κ2) is 7.13. The number of piperidine rings is 1. The quantitative estimate of drug-likeness (QED) is 0.849. The summed E-state index contributed by atoms with van der Waals surface area (Å²) in [5, 5.41) is 8.26. The summed E-state index contributed by atoms with van der Waals surface area (Å²) in [6, 6.07) is 0.311. The van der Waals surface area contributed by atoms with Crippen molar-refractivity contribution in [3.05, 3.63) is 16.6 Å². The summed E-state index contributed by atoms with van der Waals surface area (Å²) in [5.74, 6) is 0.527. The molecule has 8 heteroatoms. The maximum Gasteiger partial charge on any atom is 0.263 e. The summed E-state index contributed by atoms with van der Waals surface area (Å²) < 4.78 is 6.94. The van der Waals surface area contributed by atoms with Gasteiger partial charge < -0.3 is 15.0 Å². The number of methoxy groups -OCH3 is 1. The van der Waals surface area contributed by atoms with Gasteiger partial charge in [0.05, 0.1) is 18.3 Å². The number of H-pyrrole nitrogens is 1. The molecule has 0 unspecified atom stereocenters. The minimum absolute atomic E-state index is 0.152. The summed E-state index contributed by atoms with van der Waals surface area (Å²) >= 11 is 0. The van der Waals surface area contributed by atoms with Crippen LogP contribution < -0.4 is 10.9 Å². The van der Waals surface area contributed by atoms with Crippen LogP contribution in [0.3, 0.4) is 0 Å². The van der Waals surface area contributed by atoms with Crippen LogP contribution in [-0.4, -0.2) is 64.0 Å². The van der Waals surface area contributed by atoms with Gasteiger partial charge in [0, 0.05) is 32.8 Å². The minimum Gasteiger partial charge on any atom is -0.383 e. The fraction of sp³-hybridized carbons (Fsp3) is 0.706. The van der Waals surface area contributed by atoms with Crippen LogP contribution in [-0.2, 0) is 10.3 Å². The Balaban J connectivity index is 1.73. The van der Waals surface area contributed by atoms with Gasteiger partial charge in [-0.25, -0.2) is 4.68 Å². The van der Waals surface area contributed by atoms with Crippen LogP contribution >= 0.6 is 0 Å². The molecular weight excluding hydrogens is 320 g/mol. The molecule has 0 bridgehead atoms. The van der Waals surface area contributed by atoms with Gasteiger partial charge in [-0.2, -0.15) is 10.1 Å². The van der Waals surface area contributed by atoms with Crippen molar-refractivity contribution in [1.82, 2.24) is 24.6 Å². The van der Waals surface area contributed by atoms with Crippen molar-refractivity contribution >= 4 is 17.0 Å². The average Bonchev–Trinajstić information content (AvgIpc) is 2.99. The molecule has 0 spiro atoms. The van der Waals surface area contributed by atoms with Crippen molar-refractivity contribution in [3.8, 4) is 0 Å². The Hall–Kier alpha value is -1.93. The molecule has 0 saturated carbocycles. The molecular formula is C17H28N6O2. The molecule has 0 aliphatic carbocycles. The Labute approximate surface area is 147 Å². The number of likely N-dealkylation sites (tertiary alicyclic amines) is 1. The maximum absolute atomic E-state index is 12.3. The highest BCUT2D eigenvalue weighted by Crippen LogP contribution is 2.20. The van der Waals surface area contributed by atoms with Gasteiger partial charge in [0.25, 0.3) is 5.56 Å². The first-order valence-electron chi connectivity index (χ1n) is 8.85. The monoisotopic (exact) mass is 348 g/mol. The number of hydrogen-bond donors (Lipinski definition) is 2. The molecule has 0 atom stereocenters. The smallest absolute Gasteiger partial charge is 0.263 e. The molecule has 0 amide bonds. The number of nitrogens with one attached hydrogen (secondary N) is 2. The molecule has 25 heavy (non-hydrogen) atoms. The van der Waals surface area contributed by atoms with Crippen molar-refractivity contribution < 1.29 is 4.74 Å². The summed E-state index contributed by atoms with van der Waals surface area (Å²) in [6.45, 7) is 9.91. The van der Waals surface area contributed by atoms with Crippen LogP contribution in [0.5, 0.6) is 0 Å². The predicted octanol–water partition coefficient (Wildman–Crippen LogP) is 1.40. The second-order valence-corrected chi connectivity index (χ2v) is 7.63.